The number of nitro benzene ring substituents is 1. The van der Waals surface area contributed by atoms with Crippen molar-refractivity contribution in [2.75, 3.05) is 26.2 Å². The molecule has 1 N–H and O–H groups in total. The molecule has 2 saturated heterocycles. The summed E-state index contributed by atoms with van der Waals surface area (Å²) in [7, 11) is -3.66. The zero-order valence-electron chi connectivity index (χ0n) is 11.9. The van der Waals surface area contributed by atoms with Crippen LogP contribution in [0.1, 0.15) is 12.8 Å². The maximum absolute atomic E-state index is 12.6. The van der Waals surface area contributed by atoms with Gasteiger partial charge in [0.25, 0.3) is 5.69 Å². The first-order valence-electron chi connectivity index (χ1n) is 6.88. The van der Waals surface area contributed by atoms with E-state index in [9.17, 15) is 18.5 Å². The van der Waals surface area contributed by atoms with E-state index in [0.717, 1.165) is 32.0 Å². The van der Waals surface area contributed by atoms with Crippen LogP contribution in [0.4, 0.5) is 5.69 Å². The predicted molar refractivity (Wildman–Crippen MR) is 83.6 cm³/mol. The Hall–Kier alpha value is -1.22. The lowest BCUT2D eigenvalue weighted by Crippen LogP contribution is -2.33. The van der Waals surface area contributed by atoms with Crippen LogP contribution in [0.5, 0.6) is 0 Å². The summed E-state index contributed by atoms with van der Waals surface area (Å²) in [6.07, 6.45) is 1.82. The van der Waals surface area contributed by atoms with Crippen molar-refractivity contribution in [3.05, 3.63) is 34.4 Å². The molecule has 1 spiro atoms. The van der Waals surface area contributed by atoms with E-state index < -0.39 is 14.9 Å². The van der Waals surface area contributed by atoms with Gasteiger partial charge in [-0.05, 0) is 30.9 Å². The molecule has 0 aromatic heterocycles. The Morgan fingerprint density at radius 3 is 2.73 bits per heavy atom. The van der Waals surface area contributed by atoms with Gasteiger partial charge in [0.2, 0.25) is 10.0 Å². The van der Waals surface area contributed by atoms with E-state index >= 15 is 0 Å². The second kappa shape index (κ2) is 6.11. The standard InChI is InChI=1S/C13H17N3O4S.ClH/c17-16(18)11-2-1-3-12(8-11)21(19,20)15-7-5-13(10-15)4-6-14-9-13;/h1-3,8,14H,4-7,9-10H2;1H. The van der Waals surface area contributed by atoms with Crippen LogP contribution in [0, 0.1) is 15.5 Å². The summed E-state index contributed by atoms with van der Waals surface area (Å²) in [5, 5.41) is 14.1. The summed E-state index contributed by atoms with van der Waals surface area (Å²) in [5.41, 5.74) is -0.166. The van der Waals surface area contributed by atoms with Crippen LogP contribution in [0.2, 0.25) is 0 Å². The van der Waals surface area contributed by atoms with E-state index in [4.69, 9.17) is 0 Å². The number of nitrogens with zero attached hydrogens (tertiary/aromatic N) is 2. The average Bonchev–Trinajstić information content (AvgIpc) is 3.10. The third-order valence-corrected chi connectivity index (χ3v) is 6.24. The quantitative estimate of drug-likeness (QED) is 0.659. The molecule has 0 saturated carbocycles. The smallest absolute Gasteiger partial charge is 0.270 e. The number of rotatable bonds is 3. The molecule has 2 heterocycles. The monoisotopic (exact) mass is 347 g/mol. The molecule has 9 heteroatoms. The molecule has 0 bridgehead atoms. The molecule has 0 amide bonds. The van der Waals surface area contributed by atoms with Gasteiger partial charge < -0.3 is 5.32 Å². The first-order chi connectivity index (χ1) is 9.93. The molecule has 0 aliphatic carbocycles. The summed E-state index contributed by atoms with van der Waals surface area (Å²) in [6.45, 7) is 2.73. The predicted octanol–water partition coefficient (Wildman–Crippen LogP) is 1.39. The second-order valence-corrected chi connectivity index (χ2v) is 7.71. The minimum absolute atomic E-state index is 0. The van der Waals surface area contributed by atoms with Crippen LogP contribution in [-0.4, -0.2) is 43.8 Å². The van der Waals surface area contributed by atoms with Crippen molar-refractivity contribution < 1.29 is 13.3 Å². The molecule has 1 aromatic rings. The van der Waals surface area contributed by atoms with E-state index in [0.29, 0.717) is 13.1 Å². The van der Waals surface area contributed by atoms with Crippen molar-refractivity contribution in [1.82, 2.24) is 9.62 Å². The molecule has 2 fully saturated rings. The largest absolute Gasteiger partial charge is 0.316 e. The minimum Gasteiger partial charge on any atom is -0.316 e. The molecule has 122 valence electrons. The normalized spacial score (nSPS) is 25.3. The van der Waals surface area contributed by atoms with E-state index in [1.165, 1.54) is 22.5 Å². The van der Waals surface area contributed by atoms with Crippen molar-refractivity contribution in [3.63, 3.8) is 0 Å². The van der Waals surface area contributed by atoms with Gasteiger partial charge in [0.05, 0.1) is 9.82 Å². The molecular formula is C13H18ClN3O4S. The molecule has 3 rings (SSSR count). The van der Waals surface area contributed by atoms with E-state index in [1.54, 1.807) is 0 Å². The molecule has 7 nitrogen and oxygen atoms in total. The van der Waals surface area contributed by atoms with Gasteiger partial charge in [0.1, 0.15) is 0 Å². The summed E-state index contributed by atoms with van der Waals surface area (Å²) in [4.78, 5) is 10.2. The van der Waals surface area contributed by atoms with Gasteiger partial charge in [0.15, 0.2) is 0 Å². The van der Waals surface area contributed by atoms with Crippen molar-refractivity contribution in [2.24, 2.45) is 5.41 Å². The van der Waals surface area contributed by atoms with Gasteiger partial charge in [-0.1, -0.05) is 6.07 Å². The topological polar surface area (TPSA) is 92.5 Å². The molecule has 1 unspecified atom stereocenters. The van der Waals surface area contributed by atoms with E-state index in [2.05, 4.69) is 5.32 Å². The lowest BCUT2D eigenvalue weighted by Gasteiger charge is -2.22. The Labute approximate surface area is 135 Å². The number of sulfonamides is 1. The van der Waals surface area contributed by atoms with Crippen molar-refractivity contribution in [1.29, 1.82) is 0 Å². The Morgan fingerprint density at radius 2 is 2.09 bits per heavy atom. The third-order valence-electron chi connectivity index (χ3n) is 4.40. The van der Waals surface area contributed by atoms with Crippen molar-refractivity contribution in [2.45, 2.75) is 17.7 Å². The molecule has 0 radical (unpaired) electrons. The number of nitrogens with one attached hydrogen (secondary N) is 1. The van der Waals surface area contributed by atoms with Gasteiger partial charge in [-0.25, -0.2) is 8.42 Å². The molecule has 2 aliphatic heterocycles. The highest BCUT2D eigenvalue weighted by atomic mass is 35.5. The highest BCUT2D eigenvalue weighted by Crippen LogP contribution is 2.38. The average molecular weight is 348 g/mol. The zero-order valence-corrected chi connectivity index (χ0v) is 13.5. The molecule has 22 heavy (non-hydrogen) atoms. The zero-order chi connectivity index (χ0) is 15.1. The fourth-order valence-electron chi connectivity index (χ4n) is 3.15. The van der Waals surface area contributed by atoms with Crippen LogP contribution < -0.4 is 5.32 Å². The molecular weight excluding hydrogens is 330 g/mol. The summed E-state index contributed by atoms with van der Waals surface area (Å²) >= 11 is 0. The molecule has 1 aromatic carbocycles. The van der Waals surface area contributed by atoms with Crippen LogP contribution in [-0.2, 0) is 10.0 Å². The van der Waals surface area contributed by atoms with Gasteiger partial charge in [-0.15, -0.1) is 12.4 Å². The lowest BCUT2D eigenvalue weighted by atomic mass is 9.87. The fraction of sp³-hybridized carbons (Fsp3) is 0.538. The van der Waals surface area contributed by atoms with Crippen LogP contribution in [0.15, 0.2) is 29.2 Å². The van der Waals surface area contributed by atoms with Gasteiger partial charge in [-0.3, -0.25) is 10.1 Å². The maximum atomic E-state index is 12.6. The summed E-state index contributed by atoms with van der Waals surface area (Å²) in [5.74, 6) is 0. The Kier molecular flexibility index (Phi) is 4.76. The Morgan fingerprint density at radius 1 is 1.32 bits per heavy atom. The summed E-state index contributed by atoms with van der Waals surface area (Å²) < 4.78 is 26.7. The number of halogens is 1. The Bertz CT molecular complexity index is 674. The highest BCUT2D eigenvalue weighted by molar-refractivity contribution is 7.89. The van der Waals surface area contributed by atoms with Gasteiger partial charge in [0, 0.05) is 31.8 Å². The van der Waals surface area contributed by atoms with E-state index in [1.807, 2.05) is 0 Å². The van der Waals surface area contributed by atoms with Gasteiger partial charge >= 0.3 is 0 Å². The highest BCUT2D eigenvalue weighted by Gasteiger charge is 2.44. The maximum Gasteiger partial charge on any atom is 0.270 e. The second-order valence-electron chi connectivity index (χ2n) is 5.77. The van der Waals surface area contributed by atoms with Crippen LogP contribution >= 0.6 is 12.4 Å². The fourth-order valence-corrected chi connectivity index (χ4v) is 4.74. The number of benzene rings is 1. The number of non-ortho nitro benzene ring substituents is 1. The van der Waals surface area contributed by atoms with Crippen LogP contribution in [0.25, 0.3) is 0 Å². The third kappa shape index (κ3) is 2.96. The first kappa shape index (κ1) is 17.1. The first-order valence-corrected chi connectivity index (χ1v) is 8.32. The van der Waals surface area contributed by atoms with Gasteiger partial charge in [-0.2, -0.15) is 4.31 Å². The number of nitro groups is 1. The molecule has 1 atom stereocenters. The number of hydrogen-bond donors (Lipinski definition) is 1. The Balaban J connectivity index is 0.00000176. The number of hydrogen-bond acceptors (Lipinski definition) is 5. The molecule has 2 aliphatic rings. The SMILES string of the molecule is Cl.O=[N+]([O-])c1cccc(S(=O)(=O)N2CCC3(CCNC3)C2)c1. The summed E-state index contributed by atoms with van der Waals surface area (Å²) in [6, 6.07) is 5.26. The van der Waals surface area contributed by atoms with Crippen LogP contribution in [0.3, 0.4) is 0 Å². The lowest BCUT2D eigenvalue weighted by molar-refractivity contribution is -0.385. The van der Waals surface area contributed by atoms with Crippen molar-refractivity contribution in [3.8, 4) is 0 Å². The van der Waals surface area contributed by atoms with Crippen molar-refractivity contribution >= 4 is 28.1 Å². The van der Waals surface area contributed by atoms with E-state index in [-0.39, 0.29) is 28.4 Å². The minimum atomic E-state index is -3.66.